The summed E-state index contributed by atoms with van der Waals surface area (Å²) >= 11 is 0. The number of carbonyl (C=O) groups excluding carboxylic acids is 2. The maximum absolute atomic E-state index is 12.0. The van der Waals surface area contributed by atoms with Gasteiger partial charge in [0, 0.05) is 18.7 Å². The number of hydrogen-bond acceptors (Lipinski definition) is 3. The molecule has 0 saturated carbocycles. The van der Waals surface area contributed by atoms with E-state index in [0.717, 1.165) is 5.56 Å². The standard InChI is InChI=1S/C13H14N4O2/c1-13(2)11(18)17(12(19)15-13)8-7-9-3-5-10(16-14)6-4-9/h3-6H,7-8H2,1-2H3/p+1. The predicted octanol–water partition coefficient (Wildman–Crippen LogP) is 2.04. The van der Waals surface area contributed by atoms with Crippen molar-refractivity contribution in [2.75, 3.05) is 6.54 Å². The van der Waals surface area contributed by atoms with Crippen LogP contribution in [0.25, 0.3) is 4.98 Å². The van der Waals surface area contributed by atoms with Gasteiger partial charge in [-0.3, -0.25) is 9.69 Å². The summed E-state index contributed by atoms with van der Waals surface area (Å²) in [5, 5.41) is 11.2. The average molecular weight is 259 g/mol. The second-order valence-corrected chi connectivity index (χ2v) is 5.03. The van der Waals surface area contributed by atoms with Gasteiger partial charge in [-0.25, -0.2) is 4.79 Å². The SMILES string of the molecule is CC1(C)NC(=O)N(CCc2ccc([N+]#N)cc2)C1=O. The van der Waals surface area contributed by atoms with Crippen molar-refractivity contribution in [1.82, 2.24) is 10.2 Å². The minimum atomic E-state index is -0.823. The van der Waals surface area contributed by atoms with Gasteiger partial charge in [0.1, 0.15) is 5.54 Å². The van der Waals surface area contributed by atoms with Gasteiger partial charge in [-0.2, -0.15) is 0 Å². The molecule has 1 heterocycles. The maximum Gasteiger partial charge on any atom is 0.385 e. The Morgan fingerprint density at radius 2 is 1.89 bits per heavy atom. The first-order valence-electron chi connectivity index (χ1n) is 6.02. The van der Waals surface area contributed by atoms with Crippen LogP contribution in [0.3, 0.4) is 0 Å². The van der Waals surface area contributed by atoms with E-state index in [0.29, 0.717) is 18.7 Å². The molecule has 0 spiro atoms. The maximum atomic E-state index is 12.0. The second-order valence-electron chi connectivity index (χ2n) is 5.03. The Hall–Kier alpha value is -2.42. The van der Waals surface area contributed by atoms with Crippen molar-refractivity contribution in [2.45, 2.75) is 25.8 Å². The molecule has 6 nitrogen and oxygen atoms in total. The molecule has 6 heteroatoms. The van der Waals surface area contributed by atoms with Gasteiger partial charge in [0.25, 0.3) is 5.91 Å². The van der Waals surface area contributed by atoms with E-state index in [9.17, 15) is 9.59 Å². The first kappa shape index (κ1) is 13.0. The van der Waals surface area contributed by atoms with Crippen molar-refractivity contribution in [3.05, 3.63) is 34.8 Å². The lowest BCUT2D eigenvalue weighted by atomic mass is 10.1. The summed E-state index contributed by atoms with van der Waals surface area (Å²) in [4.78, 5) is 27.9. The summed E-state index contributed by atoms with van der Waals surface area (Å²) < 4.78 is 0. The number of carbonyl (C=O) groups is 2. The Labute approximate surface area is 111 Å². The fourth-order valence-electron chi connectivity index (χ4n) is 1.99. The van der Waals surface area contributed by atoms with Crippen LogP contribution >= 0.6 is 0 Å². The van der Waals surface area contributed by atoms with Gasteiger partial charge in [-0.05, 0) is 25.8 Å². The molecule has 0 unspecified atom stereocenters. The quantitative estimate of drug-likeness (QED) is 0.666. The Morgan fingerprint density at radius 3 is 2.37 bits per heavy atom. The highest BCUT2D eigenvalue weighted by Gasteiger charge is 2.43. The van der Waals surface area contributed by atoms with Gasteiger partial charge in [0.15, 0.2) is 4.98 Å². The highest BCUT2D eigenvalue weighted by Crippen LogP contribution is 2.18. The smallest absolute Gasteiger partial charge is 0.324 e. The Morgan fingerprint density at radius 1 is 1.26 bits per heavy atom. The molecule has 1 aliphatic heterocycles. The Kier molecular flexibility index (Phi) is 3.21. The summed E-state index contributed by atoms with van der Waals surface area (Å²) in [7, 11) is 0. The first-order chi connectivity index (χ1) is 8.94. The molecule has 2 rings (SSSR count). The third kappa shape index (κ3) is 2.55. The van der Waals surface area contributed by atoms with Crippen LogP contribution in [-0.4, -0.2) is 28.9 Å². The summed E-state index contributed by atoms with van der Waals surface area (Å²) in [6.45, 7) is 3.71. The van der Waals surface area contributed by atoms with E-state index in [4.69, 9.17) is 5.39 Å². The van der Waals surface area contributed by atoms with Crippen LogP contribution in [0.5, 0.6) is 0 Å². The van der Waals surface area contributed by atoms with Crippen molar-refractivity contribution in [2.24, 2.45) is 0 Å². The van der Waals surface area contributed by atoms with Crippen LogP contribution in [0.15, 0.2) is 24.3 Å². The number of rotatable bonds is 3. The first-order valence-corrected chi connectivity index (χ1v) is 6.02. The normalized spacial score (nSPS) is 17.2. The molecule has 0 atom stereocenters. The minimum absolute atomic E-state index is 0.209. The lowest BCUT2D eigenvalue weighted by Crippen LogP contribution is -2.40. The molecule has 0 bridgehead atoms. The molecule has 1 fully saturated rings. The molecule has 1 saturated heterocycles. The van der Waals surface area contributed by atoms with Crippen molar-refractivity contribution in [1.29, 1.82) is 5.39 Å². The van der Waals surface area contributed by atoms with Crippen molar-refractivity contribution >= 4 is 17.6 Å². The van der Waals surface area contributed by atoms with E-state index >= 15 is 0 Å². The molecule has 1 aromatic rings. The molecule has 1 N–H and O–H groups in total. The molecular formula is C13H15N4O2+. The predicted molar refractivity (Wildman–Crippen MR) is 69.2 cm³/mol. The molecule has 19 heavy (non-hydrogen) atoms. The summed E-state index contributed by atoms with van der Waals surface area (Å²) in [6, 6.07) is 6.60. The third-order valence-corrected chi connectivity index (χ3v) is 3.12. The van der Waals surface area contributed by atoms with Crippen molar-refractivity contribution in [3.8, 4) is 0 Å². The second kappa shape index (κ2) is 4.69. The number of hydrogen-bond donors (Lipinski definition) is 1. The molecule has 0 radical (unpaired) electrons. The Balaban J connectivity index is 2.01. The molecule has 1 aromatic carbocycles. The number of imide groups is 1. The van der Waals surface area contributed by atoms with Gasteiger partial charge in [0.2, 0.25) is 5.39 Å². The van der Waals surface area contributed by atoms with Gasteiger partial charge < -0.3 is 5.32 Å². The highest BCUT2D eigenvalue weighted by atomic mass is 16.2. The third-order valence-electron chi connectivity index (χ3n) is 3.12. The van der Waals surface area contributed by atoms with E-state index in [-0.39, 0.29) is 11.9 Å². The van der Waals surface area contributed by atoms with Crippen molar-refractivity contribution in [3.63, 3.8) is 0 Å². The van der Waals surface area contributed by atoms with Crippen molar-refractivity contribution < 1.29 is 9.59 Å². The lowest BCUT2D eigenvalue weighted by Gasteiger charge is -2.15. The number of nitrogens with zero attached hydrogens (tertiary/aromatic N) is 3. The topological polar surface area (TPSA) is 77.6 Å². The number of benzene rings is 1. The molecule has 0 aromatic heterocycles. The molecule has 3 amide bonds. The van der Waals surface area contributed by atoms with E-state index in [1.54, 1.807) is 38.1 Å². The van der Waals surface area contributed by atoms with E-state index in [1.165, 1.54) is 4.90 Å². The van der Waals surface area contributed by atoms with E-state index < -0.39 is 5.54 Å². The number of nitrogens with one attached hydrogen (secondary N) is 1. The summed E-state index contributed by atoms with van der Waals surface area (Å²) in [5.41, 5.74) is 0.619. The Bertz CT molecular complexity index is 557. The van der Waals surface area contributed by atoms with Crippen LogP contribution in [0.4, 0.5) is 10.5 Å². The fourth-order valence-corrected chi connectivity index (χ4v) is 1.99. The van der Waals surface area contributed by atoms with Gasteiger partial charge >= 0.3 is 11.7 Å². The van der Waals surface area contributed by atoms with Crippen LogP contribution < -0.4 is 5.32 Å². The highest BCUT2D eigenvalue weighted by molar-refractivity contribution is 6.06. The zero-order chi connectivity index (χ0) is 14.0. The van der Waals surface area contributed by atoms with E-state index in [1.807, 2.05) is 0 Å². The summed E-state index contributed by atoms with van der Waals surface area (Å²) in [5.74, 6) is -0.209. The van der Waals surface area contributed by atoms with Gasteiger partial charge in [-0.15, -0.1) is 0 Å². The number of urea groups is 1. The van der Waals surface area contributed by atoms with Crippen LogP contribution in [0, 0.1) is 5.39 Å². The van der Waals surface area contributed by atoms with E-state index in [2.05, 4.69) is 10.3 Å². The number of amides is 3. The molecule has 0 aliphatic carbocycles. The largest absolute Gasteiger partial charge is 0.385 e. The van der Waals surface area contributed by atoms with Gasteiger partial charge in [-0.1, -0.05) is 12.1 Å². The summed E-state index contributed by atoms with van der Waals surface area (Å²) in [6.07, 6.45) is 0.570. The zero-order valence-electron chi connectivity index (χ0n) is 10.9. The number of diazo groups is 1. The fraction of sp³-hybridized carbons (Fsp3) is 0.385. The molecular weight excluding hydrogens is 244 g/mol. The van der Waals surface area contributed by atoms with Crippen LogP contribution in [-0.2, 0) is 11.2 Å². The monoisotopic (exact) mass is 259 g/mol. The lowest BCUT2D eigenvalue weighted by molar-refractivity contribution is -0.130. The molecule has 98 valence electrons. The van der Waals surface area contributed by atoms with Gasteiger partial charge in [0.05, 0.1) is 0 Å². The van der Waals surface area contributed by atoms with Crippen LogP contribution in [0.2, 0.25) is 0 Å². The minimum Gasteiger partial charge on any atom is -0.324 e. The molecule has 1 aliphatic rings. The zero-order valence-corrected chi connectivity index (χ0v) is 10.9. The van der Waals surface area contributed by atoms with Crippen LogP contribution in [0.1, 0.15) is 19.4 Å². The average Bonchev–Trinajstić information content (AvgIpc) is 2.57.